The Morgan fingerprint density at radius 3 is 2.60 bits per heavy atom. The first-order valence-corrected chi connectivity index (χ1v) is 7.83. The monoisotopic (exact) mass is 367 g/mol. The lowest BCUT2D eigenvalue weighted by atomic mass is 10.0. The van der Waals surface area contributed by atoms with Gasteiger partial charge in [0.1, 0.15) is 0 Å². The van der Waals surface area contributed by atoms with Crippen LogP contribution >= 0.6 is 11.6 Å². The van der Waals surface area contributed by atoms with Crippen molar-refractivity contribution in [2.45, 2.75) is 13.1 Å². The fourth-order valence-corrected chi connectivity index (χ4v) is 2.80. The molecule has 1 aromatic carbocycles. The zero-order valence-electron chi connectivity index (χ0n) is 13.1. The molecule has 2 heterocycles. The van der Waals surface area contributed by atoms with E-state index in [0.29, 0.717) is 12.1 Å². The Balaban J connectivity index is 2.43. The normalized spacial score (nSPS) is 11.7. The zero-order chi connectivity index (χ0) is 18.2. The smallest absolute Gasteiger partial charge is 0.356 e. The fourth-order valence-electron chi connectivity index (χ4n) is 2.57. The minimum atomic E-state index is -4.53. The molecule has 0 amide bonds. The number of benzene rings is 1. The van der Waals surface area contributed by atoms with Gasteiger partial charge in [-0.2, -0.15) is 18.2 Å². The van der Waals surface area contributed by atoms with E-state index in [4.69, 9.17) is 11.6 Å². The van der Waals surface area contributed by atoms with Crippen molar-refractivity contribution in [3.05, 3.63) is 63.5 Å². The van der Waals surface area contributed by atoms with Gasteiger partial charge in [-0.1, -0.05) is 29.8 Å². The summed E-state index contributed by atoms with van der Waals surface area (Å²) in [4.78, 5) is 16.5. The summed E-state index contributed by atoms with van der Waals surface area (Å²) in [5.74, 6) is 0.173. The van der Waals surface area contributed by atoms with Gasteiger partial charge in [0, 0.05) is 23.3 Å². The molecule has 3 aromatic rings. The number of fused-ring (bicyclic) bond motifs is 1. The maximum atomic E-state index is 13.1. The maximum absolute atomic E-state index is 13.1. The average molecular weight is 368 g/mol. The number of hydrogen-bond acceptors (Lipinski definition) is 3. The number of rotatable bonds is 3. The molecule has 25 heavy (non-hydrogen) atoms. The van der Waals surface area contributed by atoms with Crippen molar-refractivity contribution in [2.24, 2.45) is 0 Å². The summed E-state index contributed by atoms with van der Waals surface area (Å²) in [5, 5.41) is 3.14. The molecule has 0 saturated carbocycles. The molecule has 3 rings (SSSR count). The molecule has 0 bridgehead atoms. The largest absolute Gasteiger partial charge is 0.416 e. The number of hydrogen-bond donors (Lipinski definition) is 1. The van der Waals surface area contributed by atoms with Crippen molar-refractivity contribution in [3.8, 4) is 11.1 Å². The first-order valence-electron chi connectivity index (χ1n) is 7.45. The van der Waals surface area contributed by atoms with Crippen molar-refractivity contribution in [3.63, 3.8) is 0 Å². The van der Waals surface area contributed by atoms with Crippen molar-refractivity contribution in [2.75, 3.05) is 11.9 Å². The molecule has 130 valence electrons. The molecule has 0 atom stereocenters. The van der Waals surface area contributed by atoms with E-state index in [-0.39, 0.29) is 22.1 Å². The summed E-state index contributed by atoms with van der Waals surface area (Å²) in [6.07, 6.45) is -3.29. The molecule has 2 aromatic heterocycles. The van der Waals surface area contributed by atoms with E-state index in [1.54, 1.807) is 31.2 Å². The van der Waals surface area contributed by atoms with E-state index in [2.05, 4.69) is 10.3 Å². The van der Waals surface area contributed by atoms with Crippen LogP contribution in [0.25, 0.3) is 16.6 Å². The maximum Gasteiger partial charge on any atom is 0.416 e. The van der Waals surface area contributed by atoms with Gasteiger partial charge in [-0.25, -0.2) is 0 Å². The van der Waals surface area contributed by atoms with Crippen LogP contribution in [-0.4, -0.2) is 15.9 Å². The standard InChI is InChI=1S/C17H13ClF3N3O/c1-2-22-16-23-15(25)14(11-5-3-4-6-12(11)18)13-9-10(17(19,20)21)7-8-24(13)16/h3-9H,2H2,1H3,(H,22,23,25). The number of nitrogens with one attached hydrogen (secondary N) is 1. The van der Waals surface area contributed by atoms with Crippen LogP contribution in [0.2, 0.25) is 5.02 Å². The summed E-state index contributed by atoms with van der Waals surface area (Å²) < 4.78 is 40.8. The third-order valence-electron chi connectivity index (χ3n) is 3.67. The van der Waals surface area contributed by atoms with Crippen LogP contribution < -0.4 is 10.9 Å². The van der Waals surface area contributed by atoms with Crippen LogP contribution in [0.1, 0.15) is 12.5 Å². The van der Waals surface area contributed by atoms with Crippen molar-refractivity contribution in [1.82, 2.24) is 9.38 Å². The van der Waals surface area contributed by atoms with E-state index in [1.807, 2.05) is 0 Å². The third-order valence-corrected chi connectivity index (χ3v) is 4.00. The summed E-state index contributed by atoms with van der Waals surface area (Å²) >= 11 is 6.15. The second-order valence-electron chi connectivity index (χ2n) is 5.29. The van der Waals surface area contributed by atoms with Gasteiger partial charge in [-0.3, -0.25) is 9.20 Å². The van der Waals surface area contributed by atoms with Crippen molar-refractivity contribution >= 4 is 23.1 Å². The molecule has 0 unspecified atom stereocenters. The number of anilines is 1. The van der Waals surface area contributed by atoms with Gasteiger partial charge >= 0.3 is 6.18 Å². The van der Waals surface area contributed by atoms with E-state index >= 15 is 0 Å². The summed E-state index contributed by atoms with van der Waals surface area (Å²) in [5.41, 5.74) is -1.06. The Hall–Kier alpha value is -2.54. The molecule has 0 saturated heterocycles. The second-order valence-corrected chi connectivity index (χ2v) is 5.70. The molecule has 1 N–H and O–H groups in total. The Kier molecular flexibility index (Phi) is 4.43. The SMILES string of the molecule is CCNc1nc(=O)c(-c2ccccc2Cl)c2cc(C(F)(F)F)ccn12. The van der Waals surface area contributed by atoms with Crippen LogP contribution in [0.15, 0.2) is 47.4 Å². The summed E-state index contributed by atoms with van der Waals surface area (Å²) in [6, 6.07) is 8.35. The molecule has 8 heteroatoms. The molecular weight excluding hydrogens is 355 g/mol. The number of halogens is 4. The van der Waals surface area contributed by atoms with Crippen molar-refractivity contribution in [1.29, 1.82) is 0 Å². The fraction of sp³-hybridized carbons (Fsp3) is 0.176. The lowest BCUT2D eigenvalue weighted by Gasteiger charge is -2.15. The molecular formula is C17H13ClF3N3O. The molecule has 0 aliphatic carbocycles. The van der Waals surface area contributed by atoms with E-state index in [9.17, 15) is 18.0 Å². The number of pyridine rings is 1. The van der Waals surface area contributed by atoms with Crippen LogP contribution in [0.4, 0.5) is 19.1 Å². The third kappa shape index (κ3) is 3.19. The first-order chi connectivity index (χ1) is 11.8. The van der Waals surface area contributed by atoms with E-state index in [0.717, 1.165) is 12.1 Å². The molecule has 0 aliphatic heterocycles. The molecule has 0 radical (unpaired) electrons. The quantitative estimate of drug-likeness (QED) is 0.743. The average Bonchev–Trinajstić information content (AvgIpc) is 2.55. The number of alkyl halides is 3. The Morgan fingerprint density at radius 2 is 1.96 bits per heavy atom. The van der Waals surface area contributed by atoms with Crippen molar-refractivity contribution < 1.29 is 13.2 Å². The topological polar surface area (TPSA) is 46.4 Å². The van der Waals surface area contributed by atoms with Gasteiger partial charge in [0.05, 0.1) is 16.6 Å². The predicted molar refractivity (Wildman–Crippen MR) is 91.1 cm³/mol. The Labute approximate surface area is 145 Å². The minimum absolute atomic E-state index is 0.0263. The zero-order valence-corrected chi connectivity index (χ0v) is 13.8. The lowest BCUT2D eigenvalue weighted by molar-refractivity contribution is -0.137. The van der Waals surface area contributed by atoms with Gasteiger partial charge in [-0.05, 0) is 25.1 Å². The highest BCUT2D eigenvalue weighted by atomic mass is 35.5. The van der Waals surface area contributed by atoms with Crippen LogP contribution in [0.3, 0.4) is 0 Å². The Bertz CT molecular complexity index is 999. The molecule has 0 spiro atoms. The molecule has 0 fully saturated rings. The predicted octanol–water partition coefficient (Wildman–Crippen LogP) is 4.47. The number of nitrogens with zero attached hydrogens (tertiary/aromatic N) is 2. The lowest BCUT2D eigenvalue weighted by Crippen LogP contribution is -2.19. The summed E-state index contributed by atoms with van der Waals surface area (Å²) in [6.45, 7) is 2.26. The minimum Gasteiger partial charge on any atom is -0.356 e. The first kappa shape index (κ1) is 17.3. The van der Waals surface area contributed by atoms with Crippen LogP contribution in [0.5, 0.6) is 0 Å². The Morgan fingerprint density at radius 1 is 1.24 bits per heavy atom. The second kappa shape index (κ2) is 6.40. The van der Waals surface area contributed by atoms with Gasteiger partial charge in [-0.15, -0.1) is 0 Å². The molecule has 4 nitrogen and oxygen atoms in total. The highest BCUT2D eigenvalue weighted by molar-refractivity contribution is 6.33. The van der Waals surface area contributed by atoms with E-state index < -0.39 is 17.3 Å². The molecule has 0 aliphatic rings. The van der Waals surface area contributed by atoms with Crippen LogP contribution in [-0.2, 0) is 6.18 Å². The highest BCUT2D eigenvalue weighted by Gasteiger charge is 2.31. The summed E-state index contributed by atoms with van der Waals surface area (Å²) in [7, 11) is 0. The van der Waals surface area contributed by atoms with Gasteiger partial charge in [0.25, 0.3) is 5.56 Å². The van der Waals surface area contributed by atoms with Crippen LogP contribution in [0, 0.1) is 0 Å². The van der Waals surface area contributed by atoms with E-state index in [1.165, 1.54) is 10.6 Å². The highest BCUT2D eigenvalue weighted by Crippen LogP contribution is 2.34. The van der Waals surface area contributed by atoms with Gasteiger partial charge < -0.3 is 5.32 Å². The van der Waals surface area contributed by atoms with Gasteiger partial charge in [0.15, 0.2) is 0 Å². The number of aromatic nitrogens is 2. The van der Waals surface area contributed by atoms with Gasteiger partial charge in [0.2, 0.25) is 5.95 Å².